The number of para-hydroxylation sites is 1. The van der Waals surface area contributed by atoms with E-state index in [1.54, 1.807) is 12.1 Å². The third kappa shape index (κ3) is 3.38. The number of anilines is 1. The van der Waals surface area contributed by atoms with Crippen molar-refractivity contribution in [2.24, 2.45) is 0 Å². The Labute approximate surface area is 156 Å². The van der Waals surface area contributed by atoms with E-state index in [2.05, 4.69) is 10.1 Å². The number of rotatable bonds is 4. The molecule has 142 valence electrons. The van der Waals surface area contributed by atoms with Gasteiger partial charge in [-0.1, -0.05) is 12.1 Å². The molecule has 0 saturated carbocycles. The van der Waals surface area contributed by atoms with Gasteiger partial charge in [0, 0.05) is 17.7 Å². The van der Waals surface area contributed by atoms with E-state index in [0.717, 1.165) is 25.3 Å². The Morgan fingerprint density at radius 1 is 1.18 bits per heavy atom. The van der Waals surface area contributed by atoms with Crippen LogP contribution in [0.15, 0.2) is 51.7 Å². The van der Waals surface area contributed by atoms with Crippen LogP contribution in [0.1, 0.15) is 20.7 Å². The quantitative estimate of drug-likeness (QED) is 0.301. The third-order valence-corrected chi connectivity index (χ3v) is 3.84. The highest BCUT2D eigenvalue weighted by Crippen LogP contribution is 2.30. The molecular formula is C18H12N2O8. The summed E-state index contributed by atoms with van der Waals surface area (Å²) in [5.74, 6) is -2.36. The van der Waals surface area contributed by atoms with Gasteiger partial charge in [-0.05, 0) is 18.2 Å². The van der Waals surface area contributed by atoms with Crippen LogP contribution >= 0.6 is 0 Å². The first-order chi connectivity index (χ1) is 13.3. The second-order valence-electron chi connectivity index (χ2n) is 5.58. The number of carbonyl (C=O) groups excluding carboxylic acids is 2. The maximum absolute atomic E-state index is 12.5. The van der Waals surface area contributed by atoms with Crippen molar-refractivity contribution in [2.75, 3.05) is 12.4 Å². The van der Waals surface area contributed by atoms with Gasteiger partial charge in [-0.15, -0.1) is 0 Å². The number of carbonyl (C=O) groups is 2. The standard InChI is InChI=1S/C18H12N2O8/c1-27-17(23)10-6-9(7-11(8-10)20(25)26)16(22)19-14-15(21)12-4-2-3-5-13(12)28-18(14)24/h2-8,21H,1H3,(H,19,22). The predicted molar refractivity (Wildman–Crippen MR) is 96.5 cm³/mol. The first kappa shape index (κ1) is 18.6. The number of hydrogen-bond acceptors (Lipinski definition) is 8. The van der Waals surface area contributed by atoms with Crippen LogP contribution in [0.3, 0.4) is 0 Å². The average molecular weight is 384 g/mol. The van der Waals surface area contributed by atoms with Crippen LogP contribution in [0.2, 0.25) is 0 Å². The molecule has 2 aromatic carbocycles. The van der Waals surface area contributed by atoms with Crippen molar-refractivity contribution in [1.82, 2.24) is 0 Å². The Morgan fingerprint density at radius 3 is 2.54 bits per heavy atom. The fourth-order valence-electron chi connectivity index (χ4n) is 2.51. The summed E-state index contributed by atoms with van der Waals surface area (Å²) in [5.41, 5.74) is -2.47. The second kappa shape index (κ2) is 7.19. The molecule has 0 unspecified atom stereocenters. The molecule has 28 heavy (non-hydrogen) atoms. The molecule has 3 rings (SSSR count). The zero-order valence-electron chi connectivity index (χ0n) is 14.3. The molecule has 0 fully saturated rings. The highest BCUT2D eigenvalue weighted by atomic mass is 16.6. The van der Waals surface area contributed by atoms with E-state index >= 15 is 0 Å². The molecule has 0 spiro atoms. The third-order valence-electron chi connectivity index (χ3n) is 3.84. The number of hydrogen-bond donors (Lipinski definition) is 2. The van der Waals surface area contributed by atoms with Crippen LogP contribution in [0.5, 0.6) is 5.75 Å². The van der Waals surface area contributed by atoms with Gasteiger partial charge in [0.2, 0.25) is 0 Å². The summed E-state index contributed by atoms with van der Waals surface area (Å²) in [7, 11) is 1.08. The van der Waals surface area contributed by atoms with Crippen LogP contribution in [-0.4, -0.2) is 29.0 Å². The van der Waals surface area contributed by atoms with E-state index in [4.69, 9.17) is 4.42 Å². The fraction of sp³-hybridized carbons (Fsp3) is 0.0556. The van der Waals surface area contributed by atoms with E-state index in [9.17, 15) is 29.6 Å². The number of methoxy groups -OCH3 is 1. The second-order valence-corrected chi connectivity index (χ2v) is 5.58. The van der Waals surface area contributed by atoms with E-state index in [1.807, 2.05) is 0 Å². The summed E-state index contributed by atoms with van der Waals surface area (Å²) in [6, 6.07) is 9.06. The molecule has 0 saturated heterocycles. The maximum Gasteiger partial charge on any atom is 0.364 e. The molecule has 1 heterocycles. The van der Waals surface area contributed by atoms with Crippen LogP contribution in [0.4, 0.5) is 11.4 Å². The van der Waals surface area contributed by atoms with Gasteiger partial charge >= 0.3 is 11.6 Å². The molecule has 0 aliphatic heterocycles. The van der Waals surface area contributed by atoms with Gasteiger partial charge in [-0.25, -0.2) is 9.59 Å². The lowest BCUT2D eigenvalue weighted by molar-refractivity contribution is -0.384. The maximum atomic E-state index is 12.5. The number of benzene rings is 2. The molecule has 0 aliphatic rings. The number of aromatic hydroxyl groups is 1. The smallest absolute Gasteiger partial charge is 0.364 e. The fourth-order valence-corrected chi connectivity index (χ4v) is 2.51. The number of nitro benzene ring substituents is 1. The number of esters is 1. The number of amides is 1. The average Bonchev–Trinajstić information content (AvgIpc) is 2.69. The summed E-state index contributed by atoms with van der Waals surface area (Å²) in [6.07, 6.45) is 0. The number of nitrogens with one attached hydrogen (secondary N) is 1. The molecule has 1 aromatic heterocycles. The largest absolute Gasteiger partial charge is 0.505 e. The van der Waals surface area contributed by atoms with Crippen LogP contribution in [-0.2, 0) is 4.74 Å². The van der Waals surface area contributed by atoms with Gasteiger partial charge in [0.25, 0.3) is 11.6 Å². The Balaban J connectivity index is 2.05. The van der Waals surface area contributed by atoms with Gasteiger partial charge < -0.3 is 19.6 Å². The highest BCUT2D eigenvalue weighted by molar-refractivity contribution is 6.08. The summed E-state index contributed by atoms with van der Waals surface area (Å²) in [4.78, 5) is 46.6. The van der Waals surface area contributed by atoms with E-state index in [-0.39, 0.29) is 22.1 Å². The first-order valence-corrected chi connectivity index (χ1v) is 7.75. The lowest BCUT2D eigenvalue weighted by atomic mass is 10.1. The van der Waals surface area contributed by atoms with E-state index < -0.39 is 39.5 Å². The number of fused-ring (bicyclic) bond motifs is 1. The van der Waals surface area contributed by atoms with E-state index in [1.165, 1.54) is 12.1 Å². The number of non-ortho nitro benzene ring substituents is 1. The van der Waals surface area contributed by atoms with Crippen molar-refractivity contribution in [2.45, 2.75) is 0 Å². The zero-order valence-corrected chi connectivity index (χ0v) is 14.3. The number of nitrogens with zero attached hydrogens (tertiary/aromatic N) is 1. The molecular weight excluding hydrogens is 372 g/mol. The van der Waals surface area contributed by atoms with Gasteiger partial charge in [0.15, 0.2) is 11.4 Å². The van der Waals surface area contributed by atoms with E-state index in [0.29, 0.717) is 0 Å². The molecule has 1 amide bonds. The molecule has 0 bridgehead atoms. The van der Waals surface area contributed by atoms with Crippen LogP contribution in [0, 0.1) is 10.1 Å². The summed E-state index contributed by atoms with van der Waals surface area (Å²) in [6.45, 7) is 0. The van der Waals surface area contributed by atoms with Crippen molar-refractivity contribution in [3.05, 3.63) is 74.1 Å². The molecule has 0 atom stereocenters. The Morgan fingerprint density at radius 2 is 1.86 bits per heavy atom. The van der Waals surface area contributed by atoms with Gasteiger partial charge in [-0.2, -0.15) is 0 Å². The van der Waals surface area contributed by atoms with Crippen molar-refractivity contribution in [3.63, 3.8) is 0 Å². The van der Waals surface area contributed by atoms with Crippen LogP contribution < -0.4 is 10.9 Å². The van der Waals surface area contributed by atoms with Gasteiger partial charge in [-0.3, -0.25) is 14.9 Å². The SMILES string of the molecule is COC(=O)c1cc(C(=O)Nc2c(O)c3ccccc3oc2=O)cc([N+](=O)[O-])c1. The number of ether oxygens (including phenoxy) is 1. The first-order valence-electron chi connectivity index (χ1n) is 7.75. The topological polar surface area (TPSA) is 149 Å². The monoisotopic (exact) mass is 384 g/mol. The lowest BCUT2D eigenvalue weighted by Gasteiger charge is -2.09. The minimum atomic E-state index is -1.01. The van der Waals surface area contributed by atoms with Crippen molar-refractivity contribution in [3.8, 4) is 5.75 Å². The predicted octanol–water partition coefficient (Wildman–Crippen LogP) is 2.45. The molecule has 0 aliphatic carbocycles. The highest BCUT2D eigenvalue weighted by Gasteiger charge is 2.21. The normalized spacial score (nSPS) is 10.5. The number of nitro groups is 1. The summed E-state index contributed by atoms with van der Waals surface area (Å²) in [5, 5.41) is 23.7. The van der Waals surface area contributed by atoms with Gasteiger partial charge in [0.05, 0.1) is 23.0 Å². The van der Waals surface area contributed by atoms with Crippen molar-refractivity contribution >= 4 is 34.2 Å². The molecule has 3 aromatic rings. The Kier molecular flexibility index (Phi) is 4.77. The summed E-state index contributed by atoms with van der Waals surface area (Å²) < 4.78 is 9.55. The van der Waals surface area contributed by atoms with Gasteiger partial charge in [0.1, 0.15) is 5.58 Å². The minimum absolute atomic E-state index is 0.117. The summed E-state index contributed by atoms with van der Waals surface area (Å²) >= 11 is 0. The van der Waals surface area contributed by atoms with Crippen molar-refractivity contribution in [1.29, 1.82) is 0 Å². The molecule has 0 radical (unpaired) electrons. The van der Waals surface area contributed by atoms with Crippen molar-refractivity contribution < 1.29 is 28.8 Å². The van der Waals surface area contributed by atoms with Crippen LogP contribution in [0.25, 0.3) is 11.0 Å². The molecule has 10 nitrogen and oxygen atoms in total. The molecule has 2 N–H and O–H groups in total. The zero-order chi connectivity index (χ0) is 20.4. The molecule has 10 heteroatoms. The Hall–Kier alpha value is -4.21. The Bertz CT molecular complexity index is 1180. The minimum Gasteiger partial charge on any atom is -0.505 e. The lowest BCUT2D eigenvalue weighted by Crippen LogP contribution is -2.19.